The van der Waals surface area contributed by atoms with Crippen LogP contribution in [0, 0.1) is 18.8 Å². The molecule has 3 heterocycles. The van der Waals surface area contributed by atoms with Crippen molar-refractivity contribution in [1.82, 2.24) is 19.5 Å². The molecule has 0 amide bonds. The number of aliphatic hydroxyl groups is 1. The van der Waals surface area contributed by atoms with Gasteiger partial charge in [-0.15, -0.1) is 0 Å². The molecule has 1 aliphatic heterocycles. The lowest BCUT2D eigenvalue weighted by molar-refractivity contribution is -0.00907. The van der Waals surface area contributed by atoms with E-state index in [0.717, 1.165) is 61.2 Å². The smallest absolute Gasteiger partial charge is 0.245 e. The van der Waals surface area contributed by atoms with Crippen LogP contribution in [0.4, 0.5) is 11.6 Å². The standard InChI is InChI=1S/C24H28ClN5O3/c1-13-26-21(32-2)20(22(27-13)33-3)30-12-4-11-29-19-16(9-10-17(25)18(19)28-23(29)30)24(31,14-5-6-14)15-7-8-15/h9-10,14-15,31H,4-8,11-12H2,1-3H3. The van der Waals surface area contributed by atoms with E-state index in [9.17, 15) is 5.11 Å². The highest BCUT2D eigenvalue weighted by atomic mass is 35.5. The van der Waals surface area contributed by atoms with Gasteiger partial charge in [0.25, 0.3) is 0 Å². The molecule has 0 spiro atoms. The number of hydrogen-bond acceptors (Lipinski definition) is 7. The maximum absolute atomic E-state index is 12.0. The molecule has 2 aromatic heterocycles. The molecule has 0 atom stereocenters. The monoisotopic (exact) mass is 469 g/mol. The first-order valence-electron chi connectivity index (χ1n) is 11.6. The van der Waals surface area contributed by atoms with Gasteiger partial charge >= 0.3 is 0 Å². The van der Waals surface area contributed by atoms with Gasteiger partial charge in [-0.3, -0.25) is 0 Å². The molecular formula is C24H28ClN5O3. The minimum Gasteiger partial charge on any atom is -0.479 e. The molecule has 2 saturated carbocycles. The summed E-state index contributed by atoms with van der Waals surface area (Å²) in [6.07, 6.45) is 5.16. The summed E-state index contributed by atoms with van der Waals surface area (Å²) in [6, 6.07) is 3.90. The lowest BCUT2D eigenvalue weighted by Gasteiger charge is -2.33. The molecule has 6 rings (SSSR count). The number of rotatable bonds is 6. The molecule has 174 valence electrons. The quantitative estimate of drug-likeness (QED) is 0.574. The van der Waals surface area contributed by atoms with Crippen LogP contribution in [0.5, 0.6) is 11.8 Å². The van der Waals surface area contributed by atoms with Crippen molar-refractivity contribution in [3.8, 4) is 11.8 Å². The van der Waals surface area contributed by atoms with E-state index in [-0.39, 0.29) is 0 Å². The first-order valence-corrected chi connectivity index (χ1v) is 12.0. The van der Waals surface area contributed by atoms with Crippen LogP contribution in [0.25, 0.3) is 11.0 Å². The van der Waals surface area contributed by atoms with E-state index in [0.29, 0.717) is 46.7 Å². The van der Waals surface area contributed by atoms with Crippen molar-refractivity contribution in [2.75, 3.05) is 25.7 Å². The second-order valence-corrected chi connectivity index (χ2v) is 9.78. The summed E-state index contributed by atoms with van der Waals surface area (Å²) in [6.45, 7) is 3.31. The average Bonchev–Trinajstić information content (AvgIpc) is 3.74. The van der Waals surface area contributed by atoms with Crippen molar-refractivity contribution in [3.05, 3.63) is 28.5 Å². The van der Waals surface area contributed by atoms with E-state index < -0.39 is 5.60 Å². The van der Waals surface area contributed by atoms with Gasteiger partial charge in [-0.05, 0) is 56.9 Å². The summed E-state index contributed by atoms with van der Waals surface area (Å²) < 4.78 is 13.4. The molecule has 2 fully saturated rings. The fraction of sp³-hybridized carbons (Fsp3) is 0.542. The van der Waals surface area contributed by atoms with Crippen LogP contribution in [-0.2, 0) is 12.1 Å². The van der Waals surface area contributed by atoms with Crippen LogP contribution in [0.2, 0.25) is 5.02 Å². The zero-order chi connectivity index (χ0) is 22.9. The molecule has 3 aromatic rings. The van der Waals surface area contributed by atoms with Gasteiger partial charge < -0.3 is 24.0 Å². The Bertz CT molecular complexity index is 1210. The van der Waals surface area contributed by atoms with E-state index in [1.165, 1.54) is 0 Å². The largest absolute Gasteiger partial charge is 0.479 e. The third-order valence-corrected chi connectivity index (χ3v) is 7.55. The number of benzene rings is 1. The Morgan fingerprint density at radius 1 is 1.00 bits per heavy atom. The molecule has 0 bridgehead atoms. The van der Waals surface area contributed by atoms with Gasteiger partial charge in [0.05, 0.1) is 30.4 Å². The molecule has 1 N–H and O–H groups in total. The van der Waals surface area contributed by atoms with Crippen LogP contribution in [0.15, 0.2) is 12.1 Å². The van der Waals surface area contributed by atoms with Crippen LogP contribution >= 0.6 is 11.6 Å². The highest BCUT2D eigenvalue weighted by molar-refractivity contribution is 6.35. The molecule has 9 heteroatoms. The van der Waals surface area contributed by atoms with E-state index >= 15 is 0 Å². The topological polar surface area (TPSA) is 85.5 Å². The lowest BCUT2D eigenvalue weighted by Crippen LogP contribution is -2.33. The Hall–Kier alpha value is -2.58. The number of fused-ring (bicyclic) bond motifs is 3. The van der Waals surface area contributed by atoms with Gasteiger partial charge in [-0.1, -0.05) is 17.7 Å². The molecular weight excluding hydrogens is 442 g/mol. The summed E-state index contributed by atoms with van der Waals surface area (Å²) in [7, 11) is 3.19. The molecule has 0 radical (unpaired) electrons. The first-order chi connectivity index (χ1) is 16.0. The van der Waals surface area contributed by atoms with Crippen LogP contribution in [0.1, 0.15) is 43.5 Å². The van der Waals surface area contributed by atoms with Crippen molar-refractivity contribution in [2.45, 2.75) is 51.2 Å². The number of halogens is 1. The van der Waals surface area contributed by atoms with Crippen molar-refractivity contribution in [2.24, 2.45) is 11.8 Å². The van der Waals surface area contributed by atoms with Gasteiger partial charge in [0.15, 0.2) is 5.69 Å². The molecule has 3 aliphatic rings. The van der Waals surface area contributed by atoms with Crippen molar-refractivity contribution in [1.29, 1.82) is 0 Å². The number of hydrogen-bond donors (Lipinski definition) is 1. The van der Waals surface area contributed by atoms with Crippen LogP contribution < -0.4 is 14.4 Å². The van der Waals surface area contributed by atoms with Crippen molar-refractivity contribution < 1.29 is 14.6 Å². The molecule has 0 saturated heterocycles. The van der Waals surface area contributed by atoms with E-state index in [1.807, 2.05) is 24.0 Å². The van der Waals surface area contributed by atoms with Crippen molar-refractivity contribution >= 4 is 34.3 Å². The maximum Gasteiger partial charge on any atom is 0.245 e. The average molecular weight is 470 g/mol. The normalized spacial score (nSPS) is 18.5. The Balaban J connectivity index is 1.58. The SMILES string of the molecule is COc1nc(C)nc(OC)c1N1CCCn2c1nc1c(Cl)ccc(C(O)(C3CC3)C3CC3)c12. The number of aryl methyl sites for hydroxylation is 2. The number of ether oxygens (including phenoxy) is 2. The van der Waals surface area contributed by atoms with Gasteiger partial charge in [0.1, 0.15) is 11.3 Å². The van der Waals surface area contributed by atoms with Gasteiger partial charge in [-0.2, -0.15) is 9.97 Å². The Kier molecular flexibility index (Phi) is 4.75. The van der Waals surface area contributed by atoms with Crippen LogP contribution in [0.3, 0.4) is 0 Å². The number of aromatic nitrogens is 4. The van der Waals surface area contributed by atoms with E-state index in [2.05, 4.69) is 14.5 Å². The maximum atomic E-state index is 12.0. The Morgan fingerprint density at radius 2 is 1.64 bits per heavy atom. The highest BCUT2D eigenvalue weighted by Crippen LogP contribution is 2.59. The highest BCUT2D eigenvalue weighted by Gasteiger charge is 2.55. The van der Waals surface area contributed by atoms with Gasteiger partial charge in [-0.25, -0.2) is 4.98 Å². The Morgan fingerprint density at radius 3 is 2.21 bits per heavy atom. The lowest BCUT2D eigenvalue weighted by atomic mass is 9.83. The van der Waals surface area contributed by atoms with Crippen LogP contribution in [-0.4, -0.2) is 45.4 Å². The second kappa shape index (κ2) is 7.46. The predicted octanol–water partition coefficient (Wildman–Crippen LogP) is 4.35. The number of methoxy groups -OCH3 is 2. The summed E-state index contributed by atoms with van der Waals surface area (Å²) in [5, 5.41) is 12.6. The third-order valence-electron chi connectivity index (χ3n) is 7.25. The summed E-state index contributed by atoms with van der Waals surface area (Å²) in [4.78, 5) is 16.0. The molecule has 0 unspecified atom stereocenters. The van der Waals surface area contributed by atoms with Gasteiger partial charge in [0.2, 0.25) is 17.7 Å². The number of nitrogens with zero attached hydrogens (tertiary/aromatic N) is 5. The van der Waals surface area contributed by atoms with E-state index in [4.69, 9.17) is 26.1 Å². The van der Waals surface area contributed by atoms with Crippen molar-refractivity contribution in [3.63, 3.8) is 0 Å². The summed E-state index contributed by atoms with van der Waals surface area (Å²) >= 11 is 6.67. The zero-order valence-electron chi connectivity index (χ0n) is 19.1. The molecule has 2 aliphatic carbocycles. The Labute approximate surface area is 197 Å². The third kappa shape index (κ3) is 3.10. The molecule has 33 heavy (non-hydrogen) atoms. The minimum atomic E-state index is -0.815. The fourth-order valence-electron chi connectivity index (χ4n) is 5.49. The fourth-order valence-corrected chi connectivity index (χ4v) is 5.68. The molecule has 1 aromatic carbocycles. The van der Waals surface area contributed by atoms with E-state index in [1.54, 1.807) is 14.2 Å². The second-order valence-electron chi connectivity index (χ2n) is 9.37. The predicted molar refractivity (Wildman–Crippen MR) is 126 cm³/mol. The molecule has 8 nitrogen and oxygen atoms in total. The van der Waals surface area contributed by atoms with Gasteiger partial charge in [0, 0.05) is 18.7 Å². The summed E-state index contributed by atoms with van der Waals surface area (Å²) in [5.74, 6) is 2.82. The minimum absolute atomic E-state index is 0.311. The zero-order valence-corrected chi connectivity index (χ0v) is 19.9. The first kappa shape index (κ1) is 21.0. The number of anilines is 2. The number of imidazole rings is 1. The summed E-state index contributed by atoms with van der Waals surface area (Å²) in [5.41, 5.74) is 2.46.